The van der Waals surface area contributed by atoms with Crippen LogP contribution in [0.4, 0.5) is 0 Å². The normalized spacial score (nSPS) is 11.7. The third-order valence-electron chi connectivity index (χ3n) is 2.69. The van der Waals surface area contributed by atoms with Crippen molar-refractivity contribution in [2.45, 2.75) is 4.90 Å². The fraction of sp³-hybridized carbons (Fsp3) is 0. The predicted octanol–water partition coefficient (Wildman–Crippen LogP) is 3.90. The molecular weight excluding hydrogens is 337 g/mol. The summed E-state index contributed by atoms with van der Waals surface area (Å²) in [5, 5.41) is 0.396. The van der Waals surface area contributed by atoms with E-state index in [1.165, 1.54) is 36.7 Å². The molecule has 108 valence electrons. The molecule has 0 bridgehead atoms. The number of benzene rings is 2. The zero-order valence-electron chi connectivity index (χ0n) is 10.3. The van der Waals surface area contributed by atoms with E-state index in [0.29, 0.717) is 11.1 Å². The highest BCUT2D eigenvalue weighted by Crippen LogP contribution is 2.27. The molecule has 3 rings (SSSR count). The van der Waals surface area contributed by atoms with E-state index in [1.807, 2.05) is 0 Å². The maximum Gasteiger partial charge on any atom is 0.339 e. The molecule has 0 amide bonds. The molecule has 1 heterocycles. The van der Waals surface area contributed by atoms with Crippen molar-refractivity contribution in [1.82, 2.24) is 4.98 Å². The Morgan fingerprint density at radius 2 is 1.86 bits per heavy atom. The molecule has 0 atom stereocenters. The molecule has 0 saturated carbocycles. The summed E-state index contributed by atoms with van der Waals surface area (Å²) in [6.45, 7) is 0. The van der Waals surface area contributed by atoms with Crippen LogP contribution in [0.1, 0.15) is 0 Å². The summed E-state index contributed by atoms with van der Waals surface area (Å²) in [4.78, 5) is 3.84. The molecule has 0 saturated heterocycles. The van der Waals surface area contributed by atoms with Gasteiger partial charge in [0.2, 0.25) is 0 Å². The summed E-state index contributed by atoms with van der Waals surface area (Å²) in [5.74, 6) is 0.127. The zero-order valence-corrected chi connectivity index (χ0v) is 12.6. The molecule has 0 unspecified atom stereocenters. The van der Waals surface area contributed by atoms with Crippen LogP contribution in [-0.2, 0) is 10.1 Å². The first-order chi connectivity index (χ1) is 9.95. The Labute approximate surface area is 130 Å². The molecule has 0 N–H and O–H groups in total. The van der Waals surface area contributed by atoms with Crippen molar-refractivity contribution in [3.63, 3.8) is 0 Å². The number of fused-ring (bicyclic) bond motifs is 1. The standard InChI is InChI=1S/C13H7Cl2NO4S/c14-10-3-2-9(6-11(10)15)21(17,18)20-8-1-4-13-12(5-8)16-7-19-13/h1-7H. The quantitative estimate of drug-likeness (QED) is 0.674. The van der Waals surface area contributed by atoms with E-state index < -0.39 is 10.1 Å². The fourth-order valence-electron chi connectivity index (χ4n) is 1.70. The van der Waals surface area contributed by atoms with Gasteiger partial charge in [-0.15, -0.1) is 0 Å². The lowest BCUT2D eigenvalue weighted by atomic mass is 10.3. The number of halogens is 2. The SMILES string of the molecule is O=S(=O)(Oc1ccc2ocnc2c1)c1ccc(Cl)c(Cl)c1. The highest BCUT2D eigenvalue weighted by Gasteiger charge is 2.18. The van der Waals surface area contributed by atoms with Crippen molar-refractivity contribution in [3.05, 3.63) is 52.8 Å². The van der Waals surface area contributed by atoms with Gasteiger partial charge < -0.3 is 8.60 Å². The highest BCUT2D eigenvalue weighted by molar-refractivity contribution is 7.87. The van der Waals surface area contributed by atoms with Crippen molar-refractivity contribution in [2.24, 2.45) is 0 Å². The Kier molecular flexibility index (Phi) is 3.52. The van der Waals surface area contributed by atoms with Crippen LogP contribution in [0.5, 0.6) is 5.75 Å². The third-order valence-corrected chi connectivity index (χ3v) is 4.67. The highest BCUT2D eigenvalue weighted by atomic mass is 35.5. The van der Waals surface area contributed by atoms with Crippen molar-refractivity contribution < 1.29 is 17.0 Å². The molecule has 0 aliphatic rings. The lowest BCUT2D eigenvalue weighted by molar-refractivity contribution is 0.486. The number of rotatable bonds is 3. The molecule has 0 aliphatic heterocycles. The van der Waals surface area contributed by atoms with Crippen molar-refractivity contribution in [3.8, 4) is 5.75 Å². The Hall–Kier alpha value is -1.76. The van der Waals surface area contributed by atoms with Gasteiger partial charge in [-0.3, -0.25) is 0 Å². The van der Waals surface area contributed by atoms with E-state index in [0.717, 1.165) is 0 Å². The minimum Gasteiger partial charge on any atom is -0.443 e. The average molecular weight is 344 g/mol. The van der Waals surface area contributed by atoms with Gasteiger partial charge in [-0.05, 0) is 30.3 Å². The maximum atomic E-state index is 12.2. The monoisotopic (exact) mass is 343 g/mol. The van der Waals surface area contributed by atoms with Crippen molar-refractivity contribution in [1.29, 1.82) is 0 Å². The van der Waals surface area contributed by atoms with Crippen LogP contribution < -0.4 is 4.18 Å². The van der Waals surface area contributed by atoms with Crippen molar-refractivity contribution >= 4 is 44.4 Å². The van der Waals surface area contributed by atoms with E-state index in [2.05, 4.69) is 4.98 Å². The molecule has 0 aliphatic carbocycles. The summed E-state index contributed by atoms with van der Waals surface area (Å²) in [6.07, 6.45) is 1.27. The topological polar surface area (TPSA) is 69.4 Å². The first kappa shape index (κ1) is 14.2. The lowest BCUT2D eigenvalue weighted by Crippen LogP contribution is -2.09. The number of nitrogens with zero attached hydrogens (tertiary/aromatic N) is 1. The number of hydrogen-bond acceptors (Lipinski definition) is 5. The fourth-order valence-corrected chi connectivity index (χ4v) is 3.01. The van der Waals surface area contributed by atoms with Crippen LogP contribution in [0.25, 0.3) is 11.1 Å². The summed E-state index contributed by atoms with van der Waals surface area (Å²) in [7, 11) is -4.01. The Morgan fingerprint density at radius 3 is 2.62 bits per heavy atom. The van der Waals surface area contributed by atoms with Crippen LogP contribution in [0.15, 0.2) is 52.1 Å². The van der Waals surface area contributed by atoms with Gasteiger partial charge in [0.05, 0.1) is 10.0 Å². The molecule has 0 fully saturated rings. The molecule has 2 aromatic carbocycles. The van der Waals surface area contributed by atoms with Gasteiger partial charge in [-0.1, -0.05) is 23.2 Å². The zero-order chi connectivity index (χ0) is 15.0. The number of aromatic nitrogens is 1. The van der Waals surface area contributed by atoms with Gasteiger partial charge in [0.1, 0.15) is 16.2 Å². The molecule has 0 spiro atoms. The molecule has 0 radical (unpaired) electrons. The molecule has 1 aromatic heterocycles. The smallest absolute Gasteiger partial charge is 0.339 e. The van der Waals surface area contributed by atoms with Gasteiger partial charge in [0.15, 0.2) is 12.0 Å². The van der Waals surface area contributed by atoms with E-state index >= 15 is 0 Å². The largest absolute Gasteiger partial charge is 0.443 e. The van der Waals surface area contributed by atoms with Crippen LogP contribution in [0.3, 0.4) is 0 Å². The Morgan fingerprint density at radius 1 is 1.05 bits per heavy atom. The maximum absolute atomic E-state index is 12.2. The van der Waals surface area contributed by atoms with E-state index in [-0.39, 0.29) is 20.7 Å². The molecule has 5 nitrogen and oxygen atoms in total. The number of oxazole rings is 1. The lowest BCUT2D eigenvalue weighted by Gasteiger charge is -2.07. The van der Waals surface area contributed by atoms with Crippen LogP contribution in [0.2, 0.25) is 10.0 Å². The summed E-state index contributed by atoms with van der Waals surface area (Å²) in [5.41, 5.74) is 1.03. The predicted molar refractivity (Wildman–Crippen MR) is 78.3 cm³/mol. The second-order valence-electron chi connectivity index (χ2n) is 4.10. The minimum atomic E-state index is -4.01. The Balaban J connectivity index is 1.96. The van der Waals surface area contributed by atoms with E-state index in [9.17, 15) is 8.42 Å². The third kappa shape index (κ3) is 2.83. The first-order valence-corrected chi connectivity index (χ1v) is 7.85. The van der Waals surface area contributed by atoms with E-state index in [4.69, 9.17) is 31.8 Å². The molecule has 3 aromatic rings. The van der Waals surface area contributed by atoms with Gasteiger partial charge in [0, 0.05) is 6.07 Å². The number of hydrogen-bond donors (Lipinski definition) is 0. The first-order valence-electron chi connectivity index (χ1n) is 5.68. The summed E-state index contributed by atoms with van der Waals surface area (Å²) < 4.78 is 34.5. The van der Waals surface area contributed by atoms with Crippen LogP contribution in [0, 0.1) is 0 Å². The summed E-state index contributed by atoms with van der Waals surface area (Å²) in [6, 6.07) is 8.45. The molecular formula is C13H7Cl2NO4S. The summed E-state index contributed by atoms with van der Waals surface area (Å²) >= 11 is 11.6. The second kappa shape index (κ2) is 5.22. The van der Waals surface area contributed by atoms with Gasteiger partial charge >= 0.3 is 10.1 Å². The van der Waals surface area contributed by atoms with Gasteiger partial charge in [0.25, 0.3) is 0 Å². The second-order valence-corrected chi connectivity index (χ2v) is 6.46. The van der Waals surface area contributed by atoms with Gasteiger partial charge in [-0.25, -0.2) is 4.98 Å². The van der Waals surface area contributed by atoms with E-state index in [1.54, 1.807) is 6.07 Å². The van der Waals surface area contributed by atoms with Crippen LogP contribution in [-0.4, -0.2) is 13.4 Å². The molecule has 21 heavy (non-hydrogen) atoms. The Bertz CT molecular complexity index is 921. The average Bonchev–Trinajstić information content (AvgIpc) is 2.88. The molecule has 8 heteroatoms. The van der Waals surface area contributed by atoms with Crippen LogP contribution >= 0.6 is 23.2 Å². The minimum absolute atomic E-state index is 0.0860. The van der Waals surface area contributed by atoms with Gasteiger partial charge in [-0.2, -0.15) is 8.42 Å². The van der Waals surface area contributed by atoms with Crippen molar-refractivity contribution in [2.75, 3.05) is 0 Å².